The minimum atomic E-state index is -0.885. The van der Waals surface area contributed by atoms with E-state index in [-0.39, 0.29) is 6.42 Å². The molecule has 0 aliphatic carbocycles. The Kier molecular flexibility index (Phi) is 4.92. The summed E-state index contributed by atoms with van der Waals surface area (Å²) >= 11 is 0. The molecule has 0 aliphatic heterocycles. The van der Waals surface area contributed by atoms with Crippen LogP contribution in [0.25, 0.3) is 5.57 Å². The normalized spacial score (nSPS) is 9.61. The monoisotopic (exact) mass is 249 g/mol. The summed E-state index contributed by atoms with van der Waals surface area (Å²) in [6.07, 6.45) is 0.877. The molecule has 0 unspecified atom stereocenters. The van der Waals surface area contributed by atoms with Crippen molar-refractivity contribution in [2.75, 3.05) is 12.4 Å². The minimum Gasteiger partial charge on any atom is -0.497 e. The second kappa shape index (κ2) is 6.44. The molecule has 1 aromatic rings. The molecule has 0 bridgehead atoms. The van der Waals surface area contributed by atoms with Crippen molar-refractivity contribution in [3.05, 3.63) is 30.3 Å². The van der Waals surface area contributed by atoms with Crippen molar-refractivity contribution in [3.63, 3.8) is 0 Å². The van der Waals surface area contributed by atoms with E-state index in [1.165, 1.54) is 7.11 Å². The molecular formula is C13H15NO4. The van der Waals surface area contributed by atoms with E-state index in [1.54, 1.807) is 18.2 Å². The number of nitrogens with one attached hydrogen (secondary N) is 1. The van der Waals surface area contributed by atoms with Gasteiger partial charge in [-0.3, -0.25) is 9.59 Å². The van der Waals surface area contributed by atoms with Crippen molar-refractivity contribution in [2.24, 2.45) is 0 Å². The first-order valence-electron chi connectivity index (χ1n) is 5.36. The van der Waals surface area contributed by atoms with Crippen LogP contribution >= 0.6 is 0 Å². The molecule has 0 atom stereocenters. The van der Waals surface area contributed by atoms with Crippen molar-refractivity contribution in [1.82, 2.24) is 0 Å². The van der Waals surface area contributed by atoms with Gasteiger partial charge in [0.05, 0.1) is 7.11 Å². The maximum Gasteiger partial charge on any atom is 0.303 e. The molecule has 0 saturated heterocycles. The molecule has 0 aromatic heterocycles. The van der Waals surface area contributed by atoms with E-state index in [4.69, 9.17) is 9.84 Å². The Morgan fingerprint density at radius 1 is 1.50 bits per heavy atom. The molecule has 2 N–H and O–H groups in total. The third kappa shape index (κ3) is 3.62. The van der Waals surface area contributed by atoms with Crippen LogP contribution in [-0.4, -0.2) is 24.6 Å². The predicted octanol–water partition coefficient (Wildman–Crippen LogP) is 2.14. The fourth-order valence-corrected chi connectivity index (χ4v) is 1.52. The van der Waals surface area contributed by atoms with E-state index in [9.17, 15) is 9.59 Å². The highest BCUT2D eigenvalue weighted by atomic mass is 16.5. The molecular weight excluding hydrogens is 234 g/mol. The Balaban J connectivity index is 2.98. The lowest BCUT2D eigenvalue weighted by atomic mass is 10.0. The van der Waals surface area contributed by atoms with E-state index in [2.05, 4.69) is 11.9 Å². The number of carboxylic acid groups (broad SMARTS) is 1. The average molecular weight is 249 g/mol. The van der Waals surface area contributed by atoms with Crippen molar-refractivity contribution in [1.29, 1.82) is 0 Å². The van der Waals surface area contributed by atoms with Crippen LogP contribution in [0.4, 0.5) is 5.69 Å². The topological polar surface area (TPSA) is 75.6 Å². The maximum absolute atomic E-state index is 10.5. The molecule has 0 heterocycles. The Bertz CT molecular complexity index is 468. The zero-order valence-electron chi connectivity index (χ0n) is 10.1. The summed E-state index contributed by atoms with van der Waals surface area (Å²) < 4.78 is 5.09. The highest BCUT2D eigenvalue weighted by Crippen LogP contribution is 2.29. The van der Waals surface area contributed by atoms with Crippen LogP contribution in [0.2, 0.25) is 0 Å². The van der Waals surface area contributed by atoms with Crippen LogP contribution < -0.4 is 10.1 Å². The smallest absolute Gasteiger partial charge is 0.303 e. The molecule has 0 fully saturated rings. The van der Waals surface area contributed by atoms with Gasteiger partial charge in [0.15, 0.2) is 0 Å². The first kappa shape index (κ1) is 13.8. The first-order valence-corrected chi connectivity index (χ1v) is 5.36. The first-order chi connectivity index (χ1) is 8.58. The lowest BCUT2D eigenvalue weighted by Crippen LogP contribution is -2.01. The summed E-state index contributed by atoms with van der Waals surface area (Å²) in [7, 11) is 1.53. The van der Waals surface area contributed by atoms with Crippen molar-refractivity contribution in [3.8, 4) is 5.75 Å². The Morgan fingerprint density at radius 3 is 2.78 bits per heavy atom. The van der Waals surface area contributed by atoms with Gasteiger partial charge in [-0.15, -0.1) is 0 Å². The molecule has 1 amide bonds. The quantitative estimate of drug-likeness (QED) is 0.726. The van der Waals surface area contributed by atoms with Crippen LogP contribution in [0.1, 0.15) is 18.4 Å². The van der Waals surface area contributed by atoms with Gasteiger partial charge in [0.2, 0.25) is 6.41 Å². The van der Waals surface area contributed by atoms with E-state index in [0.29, 0.717) is 35.4 Å². The van der Waals surface area contributed by atoms with Crippen molar-refractivity contribution in [2.45, 2.75) is 12.8 Å². The highest BCUT2D eigenvalue weighted by molar-refractivity contribution is 5.84. The largest absolute Gasteiger partial charge is 0.497 e. The summed E-state index contributed by atoms with van der Waals surface area (Å²) in [6.45, 7) is 3.84. The number of rotatable bonds is 7. The maximum atomic E-state index is 10.5. The number of methoxy groups -OCH3 is 1. The second-order valence-corrected chi connectivity index (χ2v) is 3.67. The number of hydrogen-bond acceptors (Lipinski definition) is 3. The number of carboxylic acids is 1. The summed E-state index contributed by atoms with van der Waals surface area (Å²) in [5.41, 5.74) is 1.91. The number of carbonyl (C=O) groups excluding carboxylic acids is 1. The van der Waals surface area contributed by atoms with Gasteiger partial charge in [0.1, 0.15) is 5.75 Å². The van der Waals surface area contributed by atoms with Crippen LogP contribution in [0.15, 0.2) is 24.8 Å². The van der Waals surface area contributed by atoms with Crippen molar-refractivity contribution >= 4 is 23.6 Å². The third-order valence-electron chi connectivity index (χ3n) is 2.46. The molecule has 0 saturated carbocycles. The van der Waals surface area contributed by atoms with E-state index >= 15 is 0 Å². The molecule has 1 aromatic carbocycles. The molecule has 18 heavy (non-hydrogen) atoms. The fourth-order valence-electron chi connectivity index (χ4n) is 1.52. The second-order valence-electron chi connectivity index (χ2n) is 3.67. The number of amides is 1. The summed E-state index contributed by atoms with van der Waals surface area (Å²) in [5.74, 6) is -0.262. The molecule has 96 valence electrons. The SMILES string of the molecule is C=C(CCC(=O)O)c1cc(OC)ccc1NC=O. The average Bonchev–Trinajstić information content (AvgIpc) is 2.36. The third-order valence-corrected chi connectivity index (χ3v) is 2.46. The summed E-state index contributed by atoms with van der Waals surface area (Å²) in [5, 5.41) is 11.2. The van der Waals surface area contributed by atoms with Crippen molar-refractivity contribution < 1.29 is 19.4 Å². The van der Waals surface area contributed by atoms with Gasteiger partial charge in [-0.2, -0.15) is 0 Å². The Hall–Kier alpha value is -2.30. The number of benzene rings is 1. The summed E-state index contributed by atoms with van der Waals surface area (Å²) in [6, 6.07) is 5.12. The van der Waals surface area contributed by atoms with Gasteiger partial charge in [-0.05, 0) is 30.2 Å². The van der Waals surface area contributed by atoms with Crippen LogP contribution in [0, 0.1) is 0 Å². The molecule has 0 spiro atoms. The number of carbonyl (C=O) groups is 2. The van der Waals surface area contributed by atoms with Gasteiger partial charge in [-0.25, -0.2) is 0 Å². The Morgan fingerprint density at radius 2 is 2.22 bits per heavy atom. The standard InChI is InChI=1S/C13H15NO4/c1-9(3-6-13(16)17)11-7-10(18-2)4-5-12(11)14-8-15/h4-5,7-8H,1,3,6H2,2H3,(H,14,15)(H,16,17). The van der Waals surface area contributed by atoms with Crippen LogP contribution in [-0.2, 0) is 9.59 Å². The fraction of sp³-hybridized carbons (Fsp3) is 0.231. The number of aliphatic carboxylic acids is 1. The van der Waals surface area contributed by atoms with Gasteiger partial charge in [0.25, 0.3) is 0 Å². The van der Waals surface area contributed by atoms with Crippen LogP contribution in [0.5, 0.6) is 5.75 Å². The van der Waals surface area contributed by atoms with E-state index in [0.717, 1.165) is 0 Å². The minimum absolute atomic E-state index is 0.00340. The van der Waals surface area contributed by atoms with Gasteiger partial charge in [0, 0.05) is 17.7 Å². The molecule has 5 heteroatoms. The van der Waals surface area contributed by atoms with Gasteiger partial charge < -0.3 is 15.2 Å². The lowest BCUT2D eigenvalue weighted by Gasteiger charge is -2.12. The zero-order valence-corrected chi connectivity index (χ0v) is 10.1. The van der Waals surface area contributed by atoms with Gasteiger partial charge >= 0.3 is 5.97 Å². The number of anilines is 1. The summed E-state index contributed by atoms with van der Waals surface area (Å²) in [4.78, 5) is 21.0. The predicted molar refractivity (Wildman–Crippen MR) is 68.6 cm³/mol. The van der Waals surface area contributed by atoms with E-state index < -0.39 is 5.97 Å². The molecule has 0 radical (unpaired) electrons. The number of ether oxygens (including phenoxy) is 1. The zero-order chi connectivity index (χ0) is 13.5. The Labute approximate surface area is 105 Å². The van der Waals surface area contributed by atoms with E-state index in [1.807, 2.05) is 0 Å². The van der Waals surface area contributed by atoms with Crippen LogP contribution in [0.3, 0.4) is 0 Å². The number of allylic oxidation sites excluding steroid dienone is 1. The number of hydrogen-bond donors (Lipinski definition) is 2. The lowest BCUT2D eigenvalue weighted by molar-refractivity contribution is -0.136. The molecule has 1 rings (SSSR count). The molecule has 0 aliphatic rings. The molecule has 5 nitrogen and oxygen atoms in total. The highest BCUT2D eigenvalue weighted by Gasteiger charge is 2.09. The van der Waals surface area contributed by atoms with Gasteiger partial charge in [-0.1, -0.05) is 6.58 Å².